The zero-order valence-electron chi connectivity index (χ0n) is 14.0. The van der Waals surface area contributed by atoms with E-state index in [0.717, 1.165) is 29.2 Å². The fourth-order valence-electron chi connectivity index (χ4n) is 2.52. The van der Waals surface area contributed by atoms with E-state index >= 15 is 0 Å². The number of nitrogens with zero attached hydrogens (tertiary/aromatic N) is 3. The molecule has 130 valence electrons. The zero-order valence-corrected chi connectivity index (χ0v) is 15.6. The molecule has 0 N–H and O–H groups in total. The van der Waals surface area contributed by atoms with Gasteiger partial charge in [0.25, 0.3) is 0 Å². The Morgan fingerprint density at radius 3 is 2.69 bits per heavy atom. The highest BCUT2D eigenvalue weighted by molar-refractivity contribution is 7.14. The smallest absolute Gasteiger partial charge is 0.206 e. The van der Waals surface area contributed by atoms with Gasteiger partial charge in [-0.05, 0) is 35.6 Å². The molecule has 26 heavy (non-hydrogen) atoms. The van der Waals surface area contributed by atoms with Gasteiger partial charge in [-0.25, -0.2) is 4.68 Å². The summed E-state index contributed by atoms with van der Waals surface area (Å²) in [4.78, 5) is 6.82. The van der Waals surface area contributed by atoms with Crippen LogP contribution in [-0.2, 0) is 6.42 Å². The Morgan fingerprint density at radius 2 is 1.92 bits per heavy atom. The molecule has 0 amide bonds. The molecule has 0 aliphatic carbocycles. The highest BCUT2D eigenvalue weighted by Gasteiger charge is 2.08. The van der Waals surface area contributed by atoms with Gasteiger partial charge in [0.2, 0.25) is 4.80 Å². The SMILES string of the molecule is C(=Nn1c(-c2cccs2)csc1=NCCc1ccccc1)c1ccco1. The van der Waals surface area contributed by atoms with Crippen molar-refractivity contribution in [3.05, 3.63) is 87.7 Å². The predicted molar refractivity (Wildman–Crippen MR) is 108 cm³/mol. The van der Waals surface area contributed by atoms with Crippen molar-refractivity contribution in [2.75, 3.05) is 6.54 Å². The molecular weight excluding hydrogens is 362 g/mol. The molecular formula is C20H17N3OS2. The summed E-state index contributed by atoms with van der Waals surface area (Å²) in [5.74, 6) is 0.719. The number of rotatable bonds is 6. The molecule has 4 aromatic rings. The highest BCUT2D eigenvalue weighted by atomic mass is 32.1. The van der Waals surface area contributed by atoms with Crippen molar-refractivity contribution in [1.29, 1.82) is 0 Å². The first-order valence-corrected chi connectivity index (χ1v) is 10.0. The van der Waals surface area contributed by atoms with Gasteiger partial charge in [0, 0.05) is 11.9 Å². The number of furan rings is 1. The average Bonchev–Trinajstić information content (AvgIpc) is 3.42. The standard InChI is InChI=1S/C20H17N3OS2/c1-2-6-16(7-3-1)10-11-21-20-23(22-14-17-8-4-12-24-17)18(15-26-20)19-9-5-13-25-19/h1-9,12-15H,10-11H2. The molecule has 0 fully saturated rings. The number of hydrogen-bond donors (Lipinski definition) is 0. The molecule has 0 unspecified atom stereocenters. The van der Waals surface area contributed by atoms with Gasteiger partial charge in [-0.3, -0.25) is 4.99 Å². The molecule has 0 radical (unpaired) electrons. The molecule has 0 aliphatic heterocycles. The summed E-state index contributed by atoms with van der Waals surface area (Å²) in [6, 6.07) is 18.3. The van der Waals surface area contributed by atoms with E-state index < -0.39 is 0 Å². The second-order valence-corrected chi connectivity index (χ2v) is 7.35. The van der Waals surface area contributed by atoms with Crippen LogP contribution in [0.4, 0.5) is 0 Å². The van der Waals surface area contributed by atoms with Crippen LogP contribution in [0.15, 0.2) is 86.1 Å². The molecule has 3 heterocycles. The Balaban J connectivity index is 1.64. The lowest BCUT2D eigenvalue weighted by Gasteiger charge is -2.01. The molecule has 3 aromatic heterocycles. The van der Waals surface area contributed by atoms with E-state index in [2.05, 4.69) is 46.2 Å². The van der Waals surface area contributed by atoms with Crippen LogP contribution in [-0.4, -0.2) is 17.4 Å². The van der Waals surface area contributed by atoms with Crippen LogP contribution in [0, 0.1) is 0 Å². The Morgan fingerprint density at radius 1 is 1.00 bits per heavy atom. The fourth-order valence-corrected chi connectivity index (χ4v) is 4.18. The maximum absolute atomic E-state index is 5.35. The quantitative estimate of drug-likeness (QED) is 0.440. The molecule has 4 rings (SSSR count). The summed E-state index contributed by atoms with van der Waals surface area (Å²) < 4.78 is 7.25. The predicted octanol–water partition coefficient (Wildman–Crippen LogP) is 4.90. The third-order valence-electron chi connectivity index (χ3n) is 3.79. The molecule has 0 atom stereocenters. The van der Waals surface area contributed by atoms with Crippen molar-refractivity contribution in [1.82, 2.24) is 4.68 Å². The van der Waals surface area contributed by atoms with Gasteiger partial charge in [-0.2, -0.15) is 5.10 Å². The van der Waals surface area contributed by atoms with E-state index in [1.807, 2.05) is 28.9 Å². The Kier molecular flexibility index (Phi) is 5.23. The van der Waals surface area contributed by atoms with Crippen LogP contribution in [0.25, 0.3) is 10.6 Å². The number of thiophene rings is 1. The minimum absolute atomic E-state index is 0.719. The largest absolute Gasteiger partial charge is 0.463 e. The highest BCUT2D eigenvalue weighted by Crippen LogP contribution is 2.25. The molecule has 1 aromatic carbocycles. The van der Waals surface area contributed by atoms with E-state index in [0.29, 0.717) is 0 Å². The molecule has 0 saturated heterocycles. The van der Waals surface area contributed by atoms with Crippen molar-refractivity contribution in [3.8, 4) is 10.6 Å². The number of benzene rings is 1. The Bertz CT molecular complexity index is 1030. The fraction of sp³-hybridized carbons (Fsp3) is 0.100. The summed E-state index contributed by atoms with van der Waals surface area (Å²) in [6.07, 6.45) is 4.28. The van der Waals surface area contributed by atoms with Crippen molar-refractivity contribution >= 4 is 28.9 Å². The maximum atomic E-state index is 5.35. The second-order valence-electron chi connectivity index (χ2n) is 5.57. The third kappa shape index (κ3) is 3.92. The lowest BCUT2D eigenvalue weighted by molar-refractivity contribution is 0.559. The van der Waals surface area contributed by atoms with E-state index in [1.54, 1.807) is 35.2 Å². The molecule has 0 spiro atoms. The number of aromatic nitrogens is 1. The van der Waals surface area contributed by atoms with Crippen LogP contribution in [0.3, 0.4) is 0 Å². The summed E-state index contributed by atoms with van der Waals surface area (Å²) in [6.45, 7) is 0.727. The first-order chi connectivity index (χ1) is 12.9. The van der Waals surface area contributed by atoms with Crippen LogP contribution in [0.2, 0.25) is 0 Å². The van der Waals surface area contributed by atoms with Gasteiger partial charge >= 0.3 is 0 Å². The molecule has 4 nitrogen and oxygen atoms in total. The lowest BCUT2D eigenvalue weighted by Crippen LogP contribution is -2.13. The van der Waals surface area contributed by atoms with Crippen molar-refractivity contribution in [2.45, 2.75) is 6.42 Å². The number of thiazole rings is 1. The van der Waals surface area contributed by atoms with E-state index in [1.165, 1.54) is 10.4 Å². The lowest BCUT2D eigenvalue weighted by atomic mass is 10.2. The van der Waals surface area contributed by atoms with Gasteiger partial charge in [0.05, 0.1) is 23.0 Å². The third-order valence-corrected chi connectivity index (χ3v) is 5.54. The minimum atomic E-state index is 0.719. The summed E-state index contributed by atoms with van der Waals surface area (Å²) >= 11 is 3.30. The van der Waals surface area contributed by atoms with E-state index in [9.17, 15) is 0 Å². The van der Waals surface area contributed by atoms with Gasteiger partial charge in [0.1, 0.15) is 5.76 Å². The van der Waals surface area contributed by atoms with Crippen molar-refractivity contribution in [3.63, 3.8) is 0 Å². The van der Waals surface area contributed by atoms with Gasteiger partial charge in [-0.1, -0.05) is 36.4 Å². The van der Waals surface area contributed by atoms with Crippen LogP contribution < -0.4 is 4.80 Å². The first kappa shape index (κ1) is 16.8. The van der Waals surface area contributed by atoms with E-state index in [4.69, 9.17) is 9.41 Å². The van der Waals surface area contributed by atoms with Gasteiger partial charge in [-0.15, -0.1) is 22.7 Å². The summed E-state index contributed by atoms with van der Waals surface area (Å²) in [5.41, 5.74) is 2.34. The summed E-state index contributed by atoms with van der Waals surface area (Å²) in [5, 5.41) is 8.78. The molecule has 6 heteroatoms. The molecule has 0 bridgehead atoms. The molecule has 0 saturated carbocycles. The Hall–Kier alpha value is -2.70. The summed E-state index contributed by atoms with van der Waals surface area (Å²) in [7, 11) is 0. The normalized spacial score (nSPS) is 12.2. The van der Waals surface area contributed by atoms with E-state index in [-0.39, 0.29) is 0 Å². The van der Waals surface area contributed by atoms with Crippen LogP contribution >= 0.6 is 22.7 Å². The van der Waals surface area contributed by atoms with Crippen LogP contribution in [0.5, 0.6) is 0 Å². The van der Waals surface area contributed by atoms with Gasteiger partial charge < -0.3 is 4.42 Å². The van der Waals surface area contributed by atoms with Crippen molar-refractivity contribution < 1.29 is 4.42 Å². The molecule has 0 aliphatic rings. The zero-order chi connectivity index (χ0) is 17.6. The monoisotopic (exact) mass is 379 g/mol. The maximum Gasteiger partial charge on any atom is 0.206 e. The average molecular weight is 380 g/mol. The minimum Gasteiger partial charge on any atom is -0.463 e. The van der Waals surface area contributed by atoms with Crippen molar-refractivity contribution in [2.24, 2.45) is 10.1 Å². The van der Waals surface area contributed by atoms with Gasteiger partial charge in [0.15, 0.2) is 0 Å². The Labute approximate surface area is 159 Å². The topological polar surface area (TPSA) is 42.8 Å². The number of hydrogen-bond acceptors (Lipinski definition) is 5. The first-order valence-electron chi connectivity index (χ1n) is 8.27. The van der Waals surface area contributed by atoms with Crippen LogP contribution in [0.1, 0.15) is 11.3 Å². The second kappa shape index (κ2) is 8.12.